The largest absolute Gasteiger partial charge is 0.361 e. The van der Waals surface area contributed by atoms with Crippen molar-refractivity contribution in [2.24, 2.45) is 0 Å². The van der Waals surface area contributed by atoms with E-state index in [0.717, 1.165) is 5.56 Å². The second-order valence-corrected chi connectivity index (χ2v) is 4.01. The quantitative estimate of drug-likeness (QED) is 0.900. The Hall–Kier alpha value is -2.17. The summed E-state index contributed by atoms with van der Waals surface area (Å²) in [5.74, 6) is 0.243. The summed E-state index contributed by atoms with van der Waals surface area (Å²) < 4.78 is 17.5. The van der Waals surface area contributed by atoms with Crippen molar-refractivity contribution in [3.63, 3.8) is 0 Å². The van der Waals surface area contributed by atoms with E-state index >= 15 is 0 Å². The molecule has 5 heteroatoms. The van der Waals surface area contributed by atoms with Crippen LogP contribution in [-0.4, -0.2) is 11.1 Å². The van der Waals surface area contributed by atoms with Gasteiger partial charge in [-0.25, -0.2) is 4.39 Å². The summed E-state index contributed by atoms with van der Waals surface area (Å²) in [6.07, 6.45) is 0.179. The van der Waals surface area contributed by atoms with Crippen LogP contribution in [0, 0.1) is 12.7 Å². The van der Waals surface area contributed by atoms with Crippen LogP contribution in [0.2, 0.25) is 0 Å². The summed E-state index contributed by atoms with van der Waals surface area (Å²) in [5.41, 5.74) is 1.45. The fourth-order valence-corrected chi connectivity index (χ4v) is 1.53. The lowest BCUT2D eigenvalue weighted by Crippen LogP contribution is -2.24. The molecule has 0 aliphatic carbocycles. The van der Waals surface area contributed by atoms with Gasteiger partial charge in [-0.05, 0) is 24.6 Å². The molecule has 0 spiro atoms. The summed E-state index contributed by atoms with van der Waals surface area (Å²) in [6.45, 7) is 2.14. The molecule has 1 heterocycles. The van der Waals surface area contributed by atoms with Gasteiger partial charge in [0.05, 0.1) is 12.1 Å². The third-order valence-electron chi connectivity index (χ3n) is 2.42. The Kier molecular flexibility index (Phi) is 3.72. The molecule has 0 fully saturated rings. The minimum atomic E-state index is -0.289. The molecule has 94 valence electrons. The van der Waals surface area contributed by atoms with Crippen LogP contribution in [0.15, 0.2) is 34.9 Å². The third-order valence-corrected chi connectivity index (χ3v) is 2.42. The maximum absolute atomic E-state index is 12.7. The molecule has 0 saturated carbocycles. The number of hydrogen-bond donors (Lipinski definition) is 1. The number of carbonyl (C=O) groups excluding carboxylic acids is 1. The van der Waals surface area contributed by atoms with E-state index in [2.05, 4.69) is 10.5 Å². The van der Waals surface area contributed by atoms with Gasteiger partial charge in [-0.15, -0.1) is 0 Å². The van der Waals surface area contributed by atoms with E-state index in [-0.39, 0.29) is 18.1 Å². The highest BCUT2D eigenvalue weighted by atomic mass is 19.1. The fraction of sp³-hybridized carbons (Fsp3) is 0.231. The first kappa shape index (κ1) is 12.3. The minimum Gasteiger partial charge on any atom is -0.361 e. The molecule has 0 unspecified atom stereocenters. The summed E-state index contributed by atoms with van der Waals surface area (Å²) >= 11 is 0. The van der Waals surface area contributed by atoms with Crippen LogP contribution in [0.25, 0.3) is 0 Å². The highest BCUT2D eigenvalue weighted by Gasteiger charge is 2.07. The summed E-state index contributed by atoms with van der Waals surface area (Å²) in [6, 6.07) is 7.72. The molecule has 4 nitrogen and oxygen atoms in total. The van der Waals surface area contributed by atoms with Crippen LogP contribution < -0.4 is 5.32 Å². The number of amides is 1. The molecule has 1 aromatic heterocycles. The third kappa shape index (κ3) is 3.41. The molecule has 1 aromatic carbocycles. The number of halogens is 1. The van der Waals surface area contributed by atoms with Crippen LogP contribution in [0.5, 0.6) is 0 Å². The zero-order valence-electron chi connectivity index (χ0n) is 9.94. The lowest BCUT2D eigenvalue weighted by atomic mass is 10.2. The van der Waals surface area contributed by atoms with Crippen molar-refractivity contribution < 1.29 is 13.7 Å². The van der Waals surface area contributed by atoms with Crippen molar-refractivity contribution in [3.05, 3.63) is 53.2 Å². The smallest absolute Gasteiger partial charge is 0.226 e. The van der Waals surface area contributed by atoms with Crippen molar-refractivity contribution in [3.8, 4) is 0 Å². The van der Waals surface area contributed by atoms with Crippen LogP contribution in [0.3, 0.4) is 0 Å². The molecule has 18 heavy (non-hydrogen) atoms. The molecule has 0 aliphatic heterocycles. The van der Waals surface area contributed by atoms with E-state index in [1.54, 1.807) is 25.1 Å². The van der Waals surface area contributed by atoms with Crippen LogP contribution >= 0.6 is 0 Å². The van der Waals surface area contributed by atoms with Crippen molar-refractivity contribution in [2.75, 3.05) is 0 Å². The molecule has 2 rings (SSSR count). The Balaban J connectivity index is 1.83. The number of nitrogens with one attached hydrogen (secondary N) is 1. The maximum atomic E-state index is 12.7. The molecule has 0 radical (unpaired) electrons. The summed E-state index contributed by atoms with van der Waals surface area (Å²) in [7, 11) is 0. The Labute approximate surface area is 104 Å². The number of rotatable bonds is 4. The second-order valence-electron chi connectivity index (χ2n) is 4.01. The first-order chi connectivity index (χ1) is 8.63. The Bertz CT molecular complexity index is 534. The Morgan fingerprint density at radius 1 is 1.39 bits per heavy atom. The van der Waals surface area contributed by atoms with E-state index < -0.39 is 0 Å². The van der Waals surface area contributed by atoms with Crippen LogP contribution in [0.1, 0.15) is 17.0 Å². The number of aromatic nitrogens is 1. The molecule has 0 aliphatic rings. The van der Waals surface area contributed by atoms with Crippen molar-refractivity contribution in [2.45, 2.75) is 19.9 Å². The highest BCUT2D eigenvalue weighted by Crippen LogP contribution is 2.04. The number of aryl methyl sites for hydroxylation is 1. The van der Waals surface area contributed by atoms with E-state index in [0.29, 0.717) is 18.0 Å². The molecular formula is C13H13FN2O2. The number of hydrogen-bond acceptors (Lipinski definition) is 3. The van der Waals surface area contributed by atoms with E-state index in [1.807, 2.05) is 0 Å². The van der Waals surface area contributed by atoms with E-state index in [4.69, 9.17) is 4.52 Å². The van der Waals surface area contributed by atoms with E-state index in [9.17, 15) is 9.18 Å². The van der Waals surface area contributed by atoms with Crippen LogP contribution in [0.4, 0.5) is 4.39 Å². The summed E-state index contributed by atoms with van der Waals surface area (Å²) in [5, 5.41) is 6.47. The molecule has 0 saturated heterocycles. The second kappa shape index (κ2) is 5.44. The highest BCUT2D eigenvalue weighted by molar-refractivity contribution is 5.78. The summed E-state index contributed by atoms with van der Waals surface area (Å²) in [4.78, 5) is 11.6. The Morgan fingerprint density at radius 2 is 2.11 bits per heavy atom. The molecule has 2 aromatic rings. The van der Waals surface area contributed by atoms with Gasteiger partial charge in [-0.3, -0.25) is 4.79 Å². The predicted molar refractivity (Wildman–Crippen MR) is 63.2 cm³/mol. The molecule has 1 N–H and O–H groups in total. The number of nitrogens with zero attached hydrogens (tertiary/aromatic N) is 1. The van der Waals surface area contributed by atoms with Crippen molar-refractivity contribution in [1.29, 1.82) is 0 Å². The first-order valence-electron chi connectivity index (χ1n) is 5.57. The predicted octanol–water partition coefficient (Wildman–Crippen LogP) is 1.98. The van der Waals surface area contributed by atoms with Crippen molar-refractivity contribution in [1.82, 2.24) is 10.5 Å². The van der Waals surface area contributed by atoms with Gasteiger partial charge < -0.3 is 9.84 Å². The van der Waals surface area contributed by atoms with Gasteiger partial charge in [-0.1, -0.05) is 17.3 Å². The van der Waals surface area contributed by atoms with Gasteiger partial charge >= 0.3 is 0 Å². The normalized spacial score (nSPS) is 10.3. The molecule has 0 atom stereocenters. The standard InChI is InChI=1S/C13H13FN2O2/c1-9-6-12(16-18-9)7-13(17)15-8-10-2-4-11(14)5-3-10/h2-6H,7-8H2,1H3,(H,15,17). The zero-order chi connectivity index (χ0) is 13.0. The van der Waals surface area contributed by atoms with Gasteiger partial charge in [0.25, 0.3) is 0 Å². The van der Waals surface area contributed by atoms with E-state index in [1.165, 1.54) is 12.1 Å². The van der Waals surface area contributed by atoms with Gasteiger partial charge in [0.15, 0.2) is 0 Å². The van der Waals surface area contributed by atoms with Crippen LogP contribution in [-0.2, 0) is 17.8 Å². The minimum absolute atomic E-state index is 0.146. The first-order valence-corrected chi connectivity index (χ1v) is 5.57. The van der Waals surface area contributed by atoms with Crippen molar-refractivity contribution >= 4 is 5.91 Å². The number of benzene rings is 1. The molecular weight excluding hydrogens is 235 g/mol. The monoisotopic (exact) mass is 248 g/mol. The lowest BCUT2D eigenvalue weighted by molar-refractivity contribution is -0.120. The SMILES string of the molecule is Cc1cc(CC(=O)NCc2ccc(F)cc2)no1. The van der Waals surface area contributed by atoms with Gasteiger partial charge in [-0.2, -0.15) is 0 Å². The van der Waals surface area contributed by atoms with Gasteiger partial charge in [0.2, 0.25) is 5.91 Å². The average Bonchev–Trinajstić information content (AvgIpc) is 2.74. The zero-order valence-corrected chi connectivity index (χ0v) is 9.94. The van der Waals surface area contributed by atoms with Gasteiger partial charge in [0.1, 0.15) is 11.6 Å². The molecule has 0 bridgehead atoms. The fourth-order valence-electron chi connectivity index (χ4n) is 1.53. The number of carbonyl (C=O) groups is 1. The van der Waals surface area contributed by atoms with Gasteiger partial charge in [0, 0.05) is 12.6 Å². The molecule has 1 amide bonds. The average molecular weight is 248 g/mol. The Morgan fingerprint density at radius 3 is 2.72 bits per heavy atom. The maximum Gasteiger partial charge on any atom is 0.226 e. The lowest BCUT2D eigenvalue weighted by Gasteiger charge is -2.03. The topological polar surface area (TPSA) is 55.1 Å².